The maximum Gasteiger partial charge on any atom is 0.340 e. The molecule has 0 fully saturated rings. The van der Waals surface area contributed by atoms with Gasteiger partial charge in [-0.15, -0.1) is 0 Å². The summed E-state index contributed by atoms with van der Waals surface area (Å²) < 4.78 is 5.09. The minimum absolute atomic E-state index is 0.192. The minimum Gasteiger partial charge on any atom is -0.457 e. The molecule has 0 unspecified atom stereocenters. The van der Waals surface area contributed by atoms with Crippen molar-refractivity contribution in [3.63, 3.8) is 0 Å². The Balaban J connectivity index is 1.96. The molecular formula is C12H11N3O2. The van der Waals surface area contributed by atoms with Crippen molar-refractivity contribution in [1.82, 2.24) is 9.97 Å². The molecule has 0 radical (unpaired) electrons. The number of carbonyl (C=O) groups is 1. The molecule has 86 valence electrons. The summed E-state index contributed by atoms with van der Waals surface area (Å²) >= 11 is 0. The van der Waals surface area contributed by atoms with Crippen molar-refractivity contribution in [2.24, 2.45) is 0 Å². The number of carbonyl (C=O) groups excluding carboxylic acids is 1. The van der Waals surface area contributed by atoms with Gasteiger partial charge in [-0.25, -0.2) is 9.78 Å². The molecule has 2 N–H and O–H groups in total. The molecule has 0 aliphatic heterocycles. The van der Waals surface area contributed by atoms with Crippen LogP contribution in [0.25, 0.3) is 0 Å². The Hall–Kier alpha value is -2.43. The molecule has 0 aliphatic carbocycles. The van der Waals surface area contributed by atoms with Crippen LogP contribution in [-0.2, 0) is 11.3 Å². The smallest absolute Gasteiger partial charge is 0.340 e. The van der Waals surface area contributed by atoms with E-state index in [0.29, 0.717) is 11.4 Å². The molecule has 5 nitrogen and oxygen atoms in total. The number of hydrogen-bond donors (Lipinski definition) is 1. The van der Waals surface area contributed by atoms with Crippen molar-refractivity contribution < 1.29 is 9.53 Å². The van der Waals surface area contributed by atoms with Crippen LogP contribution >= 0.6 is 0 Å². The zero-order valence-corrected chi connectivity index (χ0v) is 9.04. The van der Waals surface area contributed by atoms with Gasteiger partial charge in [0.1, 0.15) is 12.4 Å². The summed E-state index contributed by atoms with van der Waals surface area (Å²) in [4.78, 5) is 19.4. The fourth-order valence-corrected chi connectivity index (χ4v) is 1.24. The molecule has 0 aliphatic rings. The number of ether oxygens (including phenoxy) is 1. The van der Waals surface area contributed by atoms with Crippen LogP contribution in [0.3, 0.4) is 0 Å². The molecule has 17 heavy (non-hydrogen) atoms. The molecule has 0 bridgehead atoms. The Kier molecular flexibility index (Phi) is 3.30. The molecule has 2 heterocycles. The number of hydrogen-bond acceptors (Lipinski definition) is 5. The standard InChI is InChI=1S/C12H11N3O2/c13-11-4-3-10(7-15-11)12(16)17-8-9-2-1-5-14-6-9/h1-7H,8H2,(H2,13,15). The number of pyridine rings is 2. The van der Waals surface area contributed by atoms with E-state index in [4.69, 9.17) is 10.5 Å². The molecule has 0 saturated carbocycles. The topological polar surface area (TPSA) is 78.1 Å². The van der Waals surface area contributed by atoms with Crippen molar-refractivity contribution >= 4 is 11.8 Å². The minimum atomic E-state index is -0.429. The molecule has 5 heteroatoms. The van der Waals surface area contributed by atoms with Gasteiger partial charge in [0.25, 0.3) is 0 Å². The van der Waals surface area contributed by atoms with E-state index >= 15 is 0 Å². The van der Waals surface area contributed by atoms with E-state index < -0.39 is 5.97 Å². The Morgan fingerprint density at radius 1 is 1.29 bits per heavy atom. The van der Waals surface area contributed by atoms with E-state index in [0.717, 1.165) is 5.56 Å². The van der Waals surface area contributed by atoms with Crippen molar-refractivity contribution in [2.75, 3.05) is 5.73 Å². The molecule has 2 aromatic heterocycles. The van der Waals surface area contributed by atoms with E-state index in [-0.39, 0.29) is 6.61 Å². The predicted molar refractivity (Wildman–Crippen MR) is 62.0 cm³/mol. The Bertz CT molecular complexity index is 497. The summed E-state index contributed by atoms with van der Waals surface area (Å²) in [5, 5.41) is 0. The summed E-state index contributed by atoms with van der Waals surface area (Å²) in [6, 6.07) is 6.75. The van der Waals surface area contributed by atoms with E-state index in [1.165, 1.54) is 6.20 Å². The van der Waals surface area contributed by atoms with Crippen LogP contribution in [0.1, 0.15) is 15.9 Å². The lowest BCUT2D eigenvalue weighted by atomic mass is 10.3. The molecule has 2 rings (SSSR count). The number of rotatable bonds is 3. The van der Waals surface area contributed by atoms with Crippen molar-refractivity contribution in [3.05, 3.63) is 54.0 Å². The van der Waals surface area contributed by atoms with Gasteiger partial charge in [0.05, 0.1) is 5.56 Å². The van der Waals surface area contributed by atoms with E-state index in [1.54, 1.807) is 30.6 Å². The van der Waals surface area contributed by atoms with Crippen molar-refractivity contribution in [2.45, 2.75) is 6.61 Å². The van der Waals surface area contributed by atoms with E-state index in [9.17, 15) is 4.79 Å². The predicted octanol–water partition coefficient (Wildman–Crippen LogP) is 1.42. The highest BCUT2D eigenvalue weighted by Gasteiger charge is 2.07. The summed E-state index contributed by atoms with van der Waals surface area (Å²) in [5.41, 5.74) is 6.64. The number of nitrogens with two attached hydrogens (primary N) is 1. The highest BCUT2D eigenvalue weighted by Crippen LogP contribution is 2.05. The third-order valence-electron chi connectivity index (χ3n) is 2.11. The number of anilines is 1. The van der Waals surface area contributed by atoms with Crippen LogP contribution in [0.5, 0.6) is 0 Å². The van der Waals surface area contributed by atoms with Crippen LogP contribution in [0.4, 0.5) is 5.82 Å². The van der Waals surface area contributed by atoms with Gasteiger partial charge in [0.15, 0.2) is 0 Å². The van der Waals surface area contributed by atoms with Crippen LogP contribution in [0.15, 0.2) is 42.9 Å². The Labute approximate surface area is 98.3 Å². The second-order valence-electron chi connectivity index (χ2n) is 3.41. The van der Waals surface area contributed by atoms with Crippen LogP contribution in [-0.4, -0.2) is 15.9 Å². The molecule has 0 atom stereocenters. The maximum absolute atomic E-state index is 11.6. The lowest BCUT2D eigenvalue weighted by molar-refractivity contribution is 0.0472. The maximum atomic E-state index is 11.6. The summed E-state index contributed by atoms with van der Waals surface area (Å²) in [6.07, 6.45) is 4.70. The number of nitrogen functional groups attached to an aromatic ring is 1. The SMILES string of the molecule is Nc1ccc(C(=O)OCc2cccnc2)cn1. The summed E-state index contributed by atoms with van der Waals surface area (Å²) in [7, 11) is 0. The average molecular weight is 229 g/mol. The second kappa shape index (κ2) is 5.07. The first-order valence-corrected chi connectivity index (χ1v) is 5.03. The first-order valence-electron chi connectivity index (χ1n) is 5.03. The Morgan fingerprint density at radius 3 is 2.82 bits per heavy atom. The third kappa shape index (κ3) is 3.01. The highest BCUT2D eigenvalue weighted by atomic mass is 16.5. The number of esters is 1. The second-order valence-corrected chi connectivity index (χ2v) is 3.41. The van der Waals surface area contributed by atoms with Crippen LogP contribution in [0.2, 0.25) is 0 Å². The van der Waals surface area contributed by atoms with Crippen LogP contribution < -0.4 is 5.73 Å². The first kappa shape index (κ1) is 11.1. The fourth-order valence-electron chi connectivity index (χ4n) is 1.24. The molecule has 0 aromatic carbocycles. The molecule has 0 saturated heterocycles. The normalized spacial score (nSPS) is 9.88. The fraction of sp³-hybridized carbons (Fsp3) is 0.0833. The quantitative estimate of drug-likeness (QED) is 0.805. The largest absolute Gasteiger partial charge is 0.457 e. The molecule has 0 spiro atoms. The summed E-state index contributed by atoms with van der Waals surface area (Å²) in [5.74, 6) is -0.0600. The van der Waals surface area contributed by atoms with Gasteiger partial charge in [-0.2, -0.15) is 0 Å². The van der Waals surface area contributed by atoms with Crippen molar-refractivity contribution in [1.29, 1.82) is 0 Å². The average Bonchev–Trinajstić information content (AvgIpc) is 2.38. The third-order valence-corrected chi connectivity index (χ3v) is 2.11. The van der Waals surface area contributed by atoms with Crippen molar-refractivity contribution in [3.8, 4) is 0 Å². The van der Waals surface area contributed by atoms with E-state index in [1.807, 2.05) is 6.07 Å². The van der Waals surface area contributed by atoms with Gasteiger partial charge in [-0.3, -0.25) is 4.98 Å². The van der Waals surface area contributed by atoms with E-state index in [2.05, 4.69) is 9.97 Å². The van der Waals surface area contributed by atoms with Gasteiger partial charge in [-0.05, 0) is 18.2 Å². The van der Waals surface area contributed by atoms with Gasteiger partial charge >= 0.3 is 5.97 Å². The lowest BCUT2D eigenvalue weighted by Crippen LogP contribution is -2.06. The molecule has 0 amide bonds. The van der Waals surface area contributed by atoms with Gasteiger partial charge < -0.3 is 10.5 Å². The zero-order chi connectivity index (χ0) is 12.1. The van der Waals surface area contributed by atoms with Gasteiger partial charge in [-0.1, -0.05) is 6.07 Å². The Morgan fingerprint density at radius 2 is 2.18 bits per heavy atom. The molecule has 2 aromatic rings. The highest BCUT2D eigenvalue weighted by molar-refractivity contribution is 5.89. The van der Waals surface area contributed by atoms with Gasteiger partial charge in [0, 0.05) is 24.2 Å². The molecular weight excluding hydrogens is 218 g/mol. The van der Waals surface area contributed by atoms with Gasteiger partial charge in [0.2, 0.25) is 0 Å². The number of nitrogens with zero attached hydrogens (tertiary/aromatic N) is 2. The summed E-state index contributed by atoms with van der Waals surface area (Å²) in [6.45, 7) is 0.192. The lowest BCUT2D eigenvalue weighted by Gasteiger charge is -2.04. The first-order chi connectivity index (χ1) is 8.25. The monoisotopic (exact) mass is 229 g/mol. The number of aromatic nitrogens is 2. The van der Waals surface area contributed by atoms with Crippen LogP contribution in [0, 0.1) is 0 Å². The zero-order valence-electron chi connectivity index (χ0n) is 9.04.